The van der Waals surface area contributed by atoms with Gasteiger partial charge in [-0.1, -0.05) is 38.1 Å². The fourth-order valence-electron chi connectivity index (χ4n) is 7.02. The molecule has 1 aromatic carbocycles. The van der Waals surface area contributed by atoms with Crippen LogP contribution < -0.4 is 0 Å². The molecular formula is C22H32N2O. The van der Waals surface area contributed by atoms with Crippen molar-refractivity contribution in [1.82, 2.24) is 4.90 Å². The Hall–Kier alpha value is -1.35. The van der Waals surface area contributed by atoms with Gasteiger partial charge >= 0.3 is 0 Å². The molecule has 2 aliphatic carbocycles. The van der Waals surface area contributed by atoms with Crippen LogP contribution in [-0.4, -0.2) is 35.5 Å². The third-order valence-electron chi connectivity index (χ3n) is 8.53. The monoisotopic (exact) mass is 340 g/mol. The van der Waals surface area contributed by atoms with E-state index in [9.17, 15) is 5.21 Å². The van der Waals surface area contributed by atoms with E-state index in [1.165, 1.54) is 16.7 Å². The second-order valence-electron chi connectivity index (χ2n) is 9.49. The molecule has 3 atom stereocenters. The maximum absolute atomic E-state index is 9.80. The first kappa shape index (κ1) is 17.1. The summed E-state index contributed by atoms with van der Waals surface area (Å²) in [5.74, 6) is 0. The zero-order valence-electron chi connectivity index (χ0n) is 16.6. The average Bonchev–Trinajstić information content (AvgIpc) is 2.54. The van der Waals surface area contributed by atoms with Gasteiger partial charge in [0.1, 0.15) is 0 Å². The molecule has 136 valence electrons. The number of nitrogens with zero attached hydrogens (tertiary/aromatic N) is 2. The summed E-state index contributed by atoms with van der Waals surface area (Å²) in [6.45, 7) is 12.9. The first-order valence-electron chi connectivity index (χ1n) is 9.72. The Balaban J connectivity index is 2.11. The van der Waals surface area contributed by atoms with Gasteiger partial charge in [-0.3, -0.25) is 0 Å². The number of benzene rings is 1. The summed E-state index contributed by atoms with van der Waals surface area (Å²) in [6.07, 6.45) is 4.30. The Labute approximate surface area is 152 Å². The van der Waals surface area contributed by atoms with Crippen LogP contribution in [0.15, 0.2) is 17.3 Å². The fourth-order valence-corrected chi connectivity index (χ4v) is 7.02. The zero-order valence-corrected chi connectivity index (χ0v) is 16.6. The van der Waals surface area contributed by atoms with Gasteiger partial charge in [-0.15, -0.1) is 0 Å². The number of piperidine rings is 1. The Morgan fingerprint density at radius 3 is 2.56 bits per heavy atom. The van der Waals surface area contributed by atoms with Gasteiger partial charge in [-0.25, -0.2) is 0 Å². The number of oxime groups is 1. The van der Waals surface area contributed by atoms with Gasteiger partial charge in [0.15, 0.2) is 0 Å². The average molecular weight is 341 g/mol. The largest absolute Gasteiger partial charge is 0.411 e. The molecule has 1 saturated carbocycles. The normalized spacial score (nSPS) is 38.3. The first-order chi connectivity index (χ1) is 11.7. The molecule has 1 aliphatic heterocycles. The van der Waals surface area contributed by atoms with Gasteiger partial charge in [-0.2, -0.15) is 0 Å². The zero-order chi connectivity index (χ0) is 18.2. The molecule has 2 fully saturated rings. The van der Waals surface area contributed by atoms with Crippen molar-refractivity contribution in [3.05, 3.63) is 34.4 Å². The molecule has 1 unspecified atom stereocenters. The van der Waals surface area contributed by atoms with Crippen molar-refractivity contribution in [2.45, 2.75) is 71.8 Å². The van der Waals surface area contributed by atoms with Crippen molar-refractivity contribution in [3.63, 3.8) is 0 Å². The lowest BCUT2D eigenvalue weighted by Crippen LogP contribution is -2.72. The van der Waals surface area contributed by atoms with E-state index in [4.69, 9.17) is 0 Å². The third-order valence-corrected chi connectivity index (χ3v) is 8.53. The molecule has 0 amide bonds. The molecule has 1 N–H and O–H groups in total. The van der Waals surface area contributed by atoms with Crippen LogP contribution >= 0.6 is 0 Å². The molecule has 2 bridgehead atoms. The number of likely N-dealkylation sites (tertiary alicyclic amines) is 1. The minimum Gasteiger partial charge on any atom is -0.411 e. The minimum absolute atomic E-state index is 0.0423. The van der Waals surface area contributed by atoms with Crippen LogP contribution in [0.3, 0.4) is 0 Å². The molecule has 0 aromatic heterocycles. The van der Waals surface area contributed by atoms with Crippen molar-refractivity contribution in [1.29, 1.82) is 0 Å². The van der Waals surface area contributed by atoms with E-state index in [1.807, 2.05) is 0 Å². The summed E-state index contributed by atoms with van der Waals surface area (Å²) in [5, 5.41) is 13.6. The molecule has 3 heteroatoms. The lowest BCUT2D eigenvalue weighted by Gasteiger charge is -2.70. The van der Waals surface area contributed by atoms with Crippen LogP contribution in [0.5, 0.6) is 0 Å². The van der Waals surface area contributed by atoms with Crippen LogP contribution in [-0.2, 0) is 11.8 Å². The van der Waals surface area contributed by atoms with E-state index in [2.05, 4.69) is 63.9 Å². The van der Waals surface area contributed by atoms with Crippen molar-refractivity contribution in [2.24, 2.45) is 16.0 Å². The van der Waals surface area contributed by atoms with E-state index in [0.29, 0.717) is 6.04 Å². The summed E-state index contributed by atoms with van der Waals surface area (Å²) in [7, 11) is 2.30. The van der Waals surface area contributed by atoms with E-state index in [1.54, 1.807) is 5.56 Å². The van der Waals surface area contributed by atoms with Crippen molar-refractivity contribution in [3.8, 4) is 0 Å². The van der Waals surface area contributed by atoms with Crippen LogP contribution in [0.25, 0.3) is 0 Å². The number of rotatable bonds is 0. The molecule has 1 saturated heterocycles. The Morgan fingerprint density at radius 1 is 1.16 bits per heavy atom. The van der Waals surface area contributed by atoms with Gasteiger partial charge in [0.2, 0.25) is 0 Å². The summed E-state index contributed by atoms with van der Waals surface area (Å²) in [6, 6.07) is 5.22. The number of hydrogen-bond donors (Lipinski definition) is 1. The molecule has 1 heterocycles. The topological polar surface area (TPSA) is 35.8 Å². The maximum Gasteiger partial charge on any atom is 0.0636 e. The minimum atomic E-state index is -0.137. The number of aryl methyl sites for hydroxylation is 1. The molecule has 0 spiro atoms. The highest BCUT2D eigenvalue weighted by atomic mass is 16.4. The highest BCUT2D eigenvalue weighted by molar-refractivity contribution is 5.92. The van der Waals surface area contributed by atoms with Crippen LogP contribution in [0.1, 0.15) is 62.3 Å². The van der Waals surface area contributed by atoms with Gasteiger partial charge in [-0.05, 0) is 80.8 Å². The molecule has 0 radical (unpaired) electrons. The summed E-state index contributed by atoms with van der Waals surface area (Å²) in [4.78, 5) is 2.59. The van der Waals surface area contributed by atoms with Crippen LogP contribution in [0, 0.1) is 24.7 Å². The first-order valence-corrected chi connectivity index (χ1v) is 9.72. The maximum atomic E-state index is 9.80. The molecule has 1 aromatic rings. The highest BCUT2D eigenvalue weighted by Gasteiger charge is 2.69. The number of hydrogen-bond acceptors (Lipinski definition) is 3. The molecule has 3 nitrogen and oxygen atoms in total. The van der Waals surface area contributed by atoms with E-state index < -0.39 is 0 Å². The van der Waals surface area contributed by atoms with E-state index >= 15 is 0 Å². The van der Waals surface area contributed by atoms with Crippen molar-refractivity contribution in [2.75, 3.05) is 13.6 Å². The summed E-state index contributed by atoms with van der Waals surface area (Å²) >= 11 is 0. The Bertz CT molecular complexity index is 766. The lowest BCUT2D eigenvalue weighted by atomic mass is 9.37. The van der Waals surface area contributed by atoms with Gasteiger partial charge < -0.3 is 10.1 Å². The van der Waals surface area contributed by atoms with Gasteiger partial charge in [0.05, 0.1) is 5.71 Å². The Morgan fingerprint density at radius 2 is 1.88 bits per heavy atom. The van der Waals surface area contributed by atoms with Crippen molar-refractivity contribution < 1.29 is 5.21 Å². The predicted octanol–water partition coefficient (Wildman–Crippen LogP) is 4.46. The standard InChI is InChI=1S/C22H32N2O/c1-14-7-8-16-13-18-21(5)10-9-17(23-25)20(3,4)22(21,11-12-24(18)6)19(16)15(14)2/h7-8,18,25H,9-13H2,1-6H3/b23-17+/t18?,21-,22-/m0/s1. The fraction of sp³-hybridized carbons (Fsp3) is 0.682. The SMILES string of the molecule is Cc1ccc2c(c1C)[C@]13CCN(C)C(C2)[C@]1(C)CC/C(=N\O)C3(C)C. The molecule has 25 heavy (non-hydrogen) atoms. The van der Waals surface area contributed by atoms with Crippen LogP contribution in [0.2, 0.25) is 0 Å². The second kappa shape index (κ2) is 5.09. The number of fused-ring (bicyclic) bond motifs is 1. The summed E-state index contributed by atoms with van der Waals surface area (Å²) < 4.78 is 0. The molecule has 3 aliphatic rings. The second-order valence-corrected chi connectivity index (χ2v) is 9.49. The highest BCUT2D eigenvalue weighted by Crippen LogP contribution is 2.68. The third kappa shape index (κ3) is 1.78. The van der Waals surface area contributed by atoms with E-state index in [-0.39, 0.29) is 16.2 Å². The van der Waals surface area contributed by atoms with Crippen molar-refractivity contribution >= 4 is 5.71 Å². The Kier molecular flexibility index (Phi) is 3.48. The van der Waals surface area contributed by atoms with E-state index in [0.717, 1.165) is 37.9 Å². The van der Waals surface area contributed by atoms with Crippen LogP contribution in [0.4, 0.5) is 0 Å². The van der Waals surface area contributed by atoms with Gasteiger partial charge in [0.25, 0.3) is 0 Å². The smallest absolute Gasteiger partial charge is 0.0636 e. The quantitative estimate of drug-likeness (QED) is 0.559. The molecular weight excluding hydrogens is 308 g/mol. The molecule has 4 rings (SSSR count). The lowest BCUT2D eigenvalue weighted by molar-refractivity contribution is -0.0991. The summed E-state index contributed by atoms with van der Waals surface area (Å²) in [5.41, 5.74) is 7.04. The van der Waals surface area contributed by atoms with Gasteiger partial charge in [0, 0.05) is 16.9 Å². The predicted molar refractivity (Wildman–Crippen MR) is 103 cm³/mol. The number of likely N-dealkylation sites (N-methyl/N-ethyl adjacent to an activating group) is 1.